The van der Waals surface area contributed by atoms with Gasteiger partial charge >= 0.3 is 6.03 Å². The smallest absolute Gasteiger partial charge is 0.324 e. The molecule has 2 aliphatic rings. The Kier molecular flexibility index (Phi) is 9.26. The van der Waals surface area contributed by atoms with Crippen LogP contribution in [0.1, 0.15) is 50.6 Å². The van der Waals surface area contributed by atoms with Crippen molar-refractivity contribution < 1.29 is 27.1 Å². The lowest BCUT2D eigenvalue weighted by atomic mass is 9.98. The maximum absolute atomic E-state index is 14.3. The summed E-state index contributed by atoms with van der Waals surface area (Å²) in [6.07, 6.45) is 3.68. The van der Waals surface area contributed by atoms with Crippen molar-refractivity contribution >= 4 is 22.0 Å². The van der Waals surface area contributed by atoms with Gasteiger partial charge in [-0.1, -0.05) is 12.5 Å². The molecule has 2 N–H and O–H groups in total. The molecule has 0 spiro atoms. The molecule has 0 aromatic heterocycles. The van der Waals surface area contributed by atoms with Crippen LogP contribution in [0.2, 0.25) is 0 Å². The standard InChI is InChI=1S/C23H35FN4O5S/c1-17(26-34(31,32)13-5-3-4-10-28-15-22(29)25-23(28)30)19-6-7-20(24)21(14-19)33-16-18-8-11-27(2)12-9-18/h6-7,14,17-18,26H,3-5,8-13,15-16H2,1-2H3,(H,25,29,30)/t17-/m1/s1. The number of rotatable bonds is 12. The van der Waals surface area contributed by atoms with Crippen LogP contribution in [0.3, 0.4) is 0 Å². The zero-order chi connectivity index (χ0) is 24.7. The highest BCUT2D eigenvalue weighted by Crippen LogP contribution is 2.25. The number of hydrogen-bond donors (Lipinski definition) is 2. The van der Waals surface area contributed by atoms with E-state index < -0.39 is 27.9 Å². The molecule has 2 aliphatic heterocycles. The summed E-state index contributed by atoms with van der Waals surface area (Å²) in [6, 6.07) is 3.51. The number of sulfonamides is 1. The molecule has 0 radical (unpaired) electrons. The summed E-state index contributed by atoms with van der Waals surface area (Å²) >= 11 is 0. The Balaban J connectivity index is 1.43. The highest BCUT2D eigenvalue weighted by Gasteiger charge is 2.26. The minimum atomic E-state index is -3.54. The van der Waals surface area contributed by atoms with Gasteiger partial charge in [-0.3, -0.25) is 10.1 Å². The minimum Gasteiger partial charge on any atom is -0.490 e. The van der Waals surface area contributed by atoms with Gasteiger partial charge in [0.05, 0.1) is 12.4 Å². The molecule has 190 valence electrons. The maximum Gasteiger partial charge on any atom is 0.324 e. The summed E-state index contributed by atoms with van der Waals surface area (Å²) in [4.78, 5) is 26.3. The van der Waals surface area contributed by atoms with E-state index in [2.05, 4.69) is 22.0 Å². The first kappa shape index (κ1) is 26.4. The van der Waals surface area contributed by atoms with Crippen molar-refractivity contribution in [1.29, 1.82) is 0 Å². The fourth-order valence-electron chi connectivity index (χ4n) is 4.17. The highest BCUT2D eigenvalue weighted by atomic mass is 32.2. The number of unbranched alkanes of at least 4 members (excludes halogenated alkanes) is 2. The SMILES string of the molecule is C[C@@H](NS(=O)(=O)CCCCCN1CC(=O)NC1=O)c1ccc(F)c(OCC2CCN(C)CC2)c1. The summed E-state index contributed by atoms with van der Waals surface area (Å²) in [7, 11) is -1.46. The maximum atomic E-state index is 14.3. The van der Waals surface area contributed by atoms with Crippen LogP contribution in [0.5, 0.6) is 5.75 Å². The number of carbonyl (C=O) groups excluding carboxylic acids is 2. The second kappa shape index (κ2) is 11.9. The molecule has 0 aliphatic carbocycles. The molecule has 2 fully saturated rings. The molecular weight excluding hydrogens is 463 g/mol. The van der Waals surface area contributed by atoms with Crippen molar-refractivity contribution in [3.8, 4) is 5.75 Å². The van der Waals surface area contributed by atoms with Crippen molar-refractivity contribution in [3.05, 3.63) is 29.6 Å². The topological polar surface area (TPSA) is 108 Å². The fourth-order valence-corrected chi connectivity index (χ4v) is 5.54. The number of hydrogen-bond acceptors (Lipinski definition) is 6. The summed E-state index contributed by atoms with van der Waals surface area (Å²) in [6.45, 7) is 4.64. The number of likely N-dealkylation sites (tertiary alicyclic amines) is 1. The number of piperidine rings is 1. The van der Waals surface area contributed by atoms with Gasteiger partial charge in [-0.15, -0.1) is 0 Å². The Morgan fingerprint density at radius 3 is 2.62 bits per heavy atom. The lowest BCUT2D eigenvalue weighted by Crippen LogP contribution is -2.32. The number of ether oxygens (including phenoxy) is 1. The van der Waals surface area contributed by atoms with Crippen LogP contribution >= 0.6 is 0 Å². The number of halogens is 1. The molecule has 1 aromatic carbocycles. The van der Waals surface area contributed by atoms with Crippen LogP contribution in [0.25, 0.3) is 0 Å². The quantitative estimate of drug-likeness (QED) is 0.338. The average molecular weight is 499 g/mol. The fraction of sp³-hybridized carbons (Fsp3) is 0.652. The second-order valence-electron chi connectivity index (χ2n) is 9.24. The molecule has 11 heteroatoms. The summed E-state index contributed by atoms with van der Waals surface area (Å²) < 4.78 is 47.7. The summed E-state index contributed by atoms with van der Waals surface area (Å²) in [5.74, 6) is -0.298. The van der Waals surface area contributed by atoms with Crippen LogP contribution in [-0.4, -0.2) is 75.7 Å². The first-order valence-corrected chi connectivity index (χ1v) is 13.5. The van der Waals surface area contributed by atoms with Gasteiger partial charge in [-0.05, 0) is 76.4 Å². The van der Waals surface area contributed by atoms with E-state index in [1.165, 1.54) is 11.0 Å². The normalized spacial score (nSPS) is 18.9. The molecule has 1 aromatic rings. The van der Waals surface area contributed by atoms with Gasteiger partial charge in [0.2, 0.25) is 15.9 Å². The van der Waals surface area contributed by atoms with E-state index >= 15 is 0 Å². The molecule has 2 heterocycles. The van der Waals surface area contributed by atoms with E-state index in [9.17, 15) is 22.4 Å². The summed E-state index contributed by atoms with van der Waals surface area (Å²) in [5.41, 5.74) is 0.632. The first-order valence-electron chi connectivity index (χ1n) is 11.8. The van der Waals surface area contributed by atoms with Crippen LogP contribution in [0.4, 0.5) is 9.18 Å². The van der Waals surface area contributed by atoms with Crippen molar-refractivity contribution in [2.75, 3.05) is 45.6 Å². The third-order valence-corrected chi connectivity index (χ3v) is 7.87. The van der Waals surface area contributed by atoms with E-state index in [0.29, 0.717) is 43.9 Å². The van der Waals surface area contributed by atoms with Crippen LogP contribution in [0, 0.1) is 11.7 Å². The van der Waals surface area contributed by atoms with Gasteiger partial charge in [0, 0.05) is 12.6 Å². The molecule has 0 unspecified atom stereocenters. The number of nitrogens with one attached hydrogen (secondary N) is 2. The van der Waals surface area contributed by atoms with Gasteiger partial charge in [0.25, 0.3) is 0 Å². The predicted octanol–water partition coefficient (Wildman–Crippen LogP) is 2.25. The average Bonchev–Trinajstić information content (AvgIpc) is 3.10. The Hall–Kier alpha value is -2.24. The molecule has 1 atom stereocenters. The van der Waals surface area contributed by atoms with Gasteiger partial charge < -0.3 is 14.5 Å². The third kappa shape index (κ3) is 7.92. The van der Waals surface area contributed by atoms with Gasteiger partial charge in [-0.25, -0.2) is 22.3 Å². The molecule has 2 saturated heterocycles. The number of benzene rings is 1. The molecule has 9 nitrogen and oxygen atoms in total. The van der Waals surface area contributed by atoms with E-state index in [-0.39, 0.29) is 24.0 Å². The number of amides is 3. The molecule has 3 rings (SSSR count). The van der Waals surface area contributed by atoms with Crippen molar-refractivity contribution in [3.63, 3.8) is 0 Å². The molecule has 0 bridgehead atoms. The van der Waals surface area contributed by atoms with Crippen molar-refractivity contribution in [1.82, 2.24) is 19.8 Å². The zero-order valence-electron chi connectivity index (χ0n) is 19.9. The second-order valence-corrected chi connectivity index (χ2v) is 11.1. The highest BCUT2D eigenvalue weighted by molar-refractivity contribution is 7.89. The van der Waals surface area contributed by atoms with Crippen LogP contribution in [-0.2, 0) is 14.8 Å². The largest absolute Gasteiger partial charge is 0.490 e. The summed E-state index contributed by atoms with van der Waals surface area (Å²) in [5, 5.41) is 2.21. The van der Waals surface area contributed by atoms with Gasteiger partial charge in [-0.2, -0.15) is 0 Å². The Bertz CT molecular complexity index is 966. The number of imide groups is 1. The third-order valence-electron chi connectivity index (χ3n) is 6.33. The van der Waals surface area contributed by atoms with E-state index in [0.717, 1.165) is 25.9 Å². The molecule has 0 saturated carbocycles. The monoisotopic (exact) mass is 498 g/mol. The van der Waals surface area contributed by atoms with Crippen molar-refractivity contribution in [2.24, 2.45) is 5.92 Å². The Morgan fingerprint density at radius 1 is 1.21 bits per heavy atom. The van der Waals surface area contributed by atoms with E-state index in [1.54, 1.807) is 19.1 Å². The number of carbonyl (C=O) groups is 2. The lowest BCUT2D eigenvalue weighted by Gasteiger charge is -2.28. The lowest BCUT2D eigenvalue weighted by molar-refractivity contribution is -0.118. The first-order chi connectivity index (χ1) is 16.1. The van der Waals surface area contributed by atoms with E-state index in [1.807, 2.05) is 0 Å². The minimum absolute atomic E-state index is 0.0524. The Morgan fingerprint density at radius 2 is 1.94 bits per heavy atom. The van der Waals surface area contributed by atoms with Crippen molar-refractivity contribution in [2.45, 2.75) is 45.1 Å². The number of nitrogens with zero attached hydrogens (tertiary/aromatic N) is 2. The number of urea groups is 1. The van der Waals surface area contributed by atoms with Gasteiger partial charge in [0.15, 0.2) is 11.6 Å². The predicted molar refractivity (Wildman–Crippen MR) is 126 cm³/mol. The molecule has 34 heavy (non-hydrogen) atoms. The van der Waals surface area contributed by atoms with Gasteiger partial charge in [0.1, 0.15) is 6.54 Å². The molecular formula is C23H35FN4O5S. The van der Waals surface area contributed by atoms with E-state index in [4.69, 9.17) is 4.74 Å². The van der Waals surface area contributed by atoms with Crippen LogP contribution in [0.15, 0.2) is 18.2 Å². The Labute approximate surface area is 201 Å². The molecule has 3 amide bonds. The van der Waals surface area contributed by atoms with Crippen LogP contribution < -0.4 is 14.8 Å². The zero-order valence-corrected chi connectivity index (χ0v) is 20.7.